The van der Waals surface area contributed by atoms with E-state index in [2.05, 4.69) is 34.5 Å². The molecule has 2 aliphatic heterocycles. The van der Waals surface area contributed by atoms with Gasteiger partial charge in [0.05, 0.1) is 11.6 Å². The number of aromatic nitrogens is 2. The lowest BCUT2D eigenvalue weighted by Crippen LogP contribution is -2.29. The Morgan fingerprint density at radius 3 is 2.60 bits per heavy atom. The number of nitrogens with zero attached hydrogens (tertiary/aromatic N) is 3. The number of halogens is 1. The molecule has 3 heterocycles. The van der Waals surface area contributed by atoms with Gasteiger partial charge in [-0.25, -0.2) is 0 Å². The quantitative estimate of drug-likeness (QED) is 0.0704. The monoisotopic (exact) mass is 627 g/mol. The number of carbonyl (C=O) groups is 2. The third kappa shape index (κ3) is 5.11. The van der Waals surface area contributed by atoms with Gasteiger partial charge in [-0.1, -0.05) is 89.3 Å². The molecule has 5 aromatic rings. The molecule has 1 fully saturated rings. The van der Waals surface area contributed by atoms with Crippen molar-refractivity contribution >= 4 is 68.1 Å². The summed E-state index contributed by atoms with van der Waals surface area (Å²) in [6.45, 7) is 0.782. The molecule has 43 heavy (non-hydrogen) atoms. The summed E-state index contributed by atoms with van der Waals surface area (Å²) in [4.78, 5) is 28.4. The summed E-state index contributed by atoms with van der Waals surface area (Å²) in [5, 5.41) is 23.1. The van der Waals surface area contributed by atoms with Gasteiger partial charge in [-0.05, 0) is 52.2 Å². The summed E-state index contributed by atoms with van der Waals surface area (Å²) in [6, 6.07) is 25.1. The molecular weight excluding hydrogens is 606 g/mol. The molecule has 1 N–H and O–H groups in total. The number of amides is 1. The third-order valence-corrected chi connectivity index (χ3v) is 9.60. The van der Waals surface area contributed by atoms with Crippen molar-refractivity contribution in [2.45, 2.75) is 16.1 Å². The van der Waals surface area contributed by atoms with Crippen LogP contribution in [0, 0.1) is 0 Å². The van der Waals surface area contributed by atoms with Crippen molar-refractivity contribution in [1.29, 1.82) is 0 Å². The number of anilines is 1. The van der Waals surface area contributed by atoms with E-state index < -0.39 is 17.7 Å². The van der Waals surface area contributed by atoms with Gasteiger partial charge in [0.25, 0.3) is 5.78 Å². The highest BCUT2D eigenvalue weighted by atomic mass is 35.5. The predicted molar refractivity (Wildman–Crippen MR) is 167 cm³/mol. The number of thioether (sulfide) groups is 1. The van der Waals surface area contributed by atoms with E-state index in [4.69, 9.17) is 21.1 Å². The van der Waals surface area contributed by atoms with E-state index in [1.54, 1.807) is 42.5 Å². The van der Waals surface area contributed by atoms with E-state index in [-0.39, 0.29) is 16.5 Å². The molecule has 7 rings (SSSR count). The first-order valence-electron chi connectivity index (χ1n) is 13.4. The summed E-state index contributed by atoms with van der Waals surface area (Å²) < 4.78 is 11.9. The first-order valence-corrected chi connectivity index (χ1v) is 15.6. The first kappa shape index (κ1) is 27.5. The Morgan fingerprint density at radius 2 is 1.74 bits per heavy atom. The van der Waals surface area contributed by atoms with Gasteiger partial charge in [0, 0.05) is 16.3 Å². The fourth-order valence-corrected chi connectivity index (χ4v) is 7.35. The Labute approximate surface area is 259 Å². The molecule has 0 aliphatic carbocycles. The smallest absolute Gasteiger partial charge is 0.301 e. The average molecular weight is 628 g/mol. The summed E-state index contributed by atoms with van der Waals surface area (Å²) in [7, 11) is 0. The van der Waals surface area contributed by atoms with Crippen LogP contribution in [0.5, 0.6) is 11.5 Å². The van der Waals surface area contributed by atoms with Crippen LogP contribution in [0.2, 0.25) is 5.02 Å². The van der Waals surface area contributed by atoms with Crippen molar-refractivity contribution in [2.24, 2.45) is 0 Å². The van der Waals surface area contributed by atoms with Gasteiger partial charge in [0.15, 0.2) is 15.8 Å². The van der Waals surface area contributed by atoms with Crippen LogP contribution in [0.25, 0.3) is 16.5 Å². The van der Waals surface area contributed by atoms with E-state index in [0.29, 0.717) is 51.0 Å². The Morgan fingerprint density at radius 1 is 0.953 bits per heavy atom. The number of benzene rings is 4. The van der Waals surface area contributed by atoms with E-state index in [1.807, 2.05) is 18.2 Å². The number of fused-ring (bicyclic) bond motifs is 2. The maximum absolute atomic E-state index is 13.6. The number of hydrogen-bond acceptors (Lipinski definition) is 9. The van der Waals surface area contributed by atoms with Gasteiger partial charge in [-0.3, -0.25) is 14.5 Å². The second-order valence-corrected chi connectivity index (χ2v) is 12.5. The van der Waals surface area contributed by atoms with Gasteiger partial charge in [0.2, 0.25) is 5.13 Å². The molecule has 0 bridgehead atoms. The highest BCUT2D eigenvalue weighted by Gasteiger charge is 2.48. The molecule has 1 saturated heterocycles. The number of carbonyl (C=O) groups excluding carboxylic acids is 2. The molecule has 0 saturated carbocycles. The fraction of sp³-hybridized carbons (Fsp3) is 0.125. The van der Waals surface area contributed by atoms with Crippen LogP contribution in [0.3, 0.4) is 0 Å². The second-order valence-electron chi connectivity index (χ2n) is 9.86. The normalized spacial score (nSPS) is 17.5. The zero-order chi connectivity index (χ0) is 29.5. The van der Waals surface area contributed by atoms with E-state index in [9.17, 15) is 14.7 Å². The van der Waals surface area contributed by atoms with Crippen LogP contribution in [0.15, 0.2) is 94.8 Å². The van der Waals surface area contributed by atoms with Gasteiger partial charge in [0.1, 0.15) is 19.0 Å². The number of aliphatic hydroxyl groups is 1. The van der Waals surface area contributed by atoms with Crippen LogP contribution in [0.4, 0.5) is 5.13 Å². The molecule has 0 spiro atoms. The minimum Gasteiger partial charge on any atom is -0.507 e. The Balaban J connectivity index is 1.25. The molecule has 1 amide bonds. The van der Waals surface area contributed by atoms with E-state index in [0.717, 1.165) is 16.3 Å². The molecule has 1 aromatic heterocycles. The van der Waals surface area contributed by atoms with Gasteiger partial charge in [-0.2, -0.15) is 0 Å². The number of ketones is 1. The number of rotatable bonds is 6. The third-order valence-electron chi connectivity index (χ3n) is 7.26. The molecule has 2 aliphatic rings. The molecule has 4 aromatic carbocycles. The summed E-state index contributed by atoms with van der Waals surface area (Å²) in [6.07, 6.45) is 0. The summed E-state index contributed by atoms with van der Waals surface area (Å²) >= 11 is 9.04. The molecule has 8 nitrogen and oxygen atoms in total. The molecule has 0 unspecified atom stereocenters. The lowest BCUT2D eigenvalue weighted by atomic mass is 9.95. The zero-order valence-corrected chi connectivity index (χ0v) is 24.8. The first-order chi connectivity index (χ1) is 21.0. The van der Waals surface area contributed by atoms with Crippen molar-refractivity contribution in [3.05, 3.63) is 112 Å². The van der Waals surface area contributed by atoms with Gasteiger partial charge >= 0.3 is 5.91 Å². The van der Waals surface area contributed by atoms with E-state index >= 15 is 0 Å². The zero-order valence-electron chi connectivity index (χ0n) is 22.4. The lowest BCUT2D eigenvalue weighted by Gasteiger charge is -2.23. The SMILES string of the molecule is O=C1C(=O)N(c2nnc(SCc3cccc4ccccc34)s2)[C@H](c2cccc(Cl)c2)C1=C(O)c1ccc2c(c1)OCCO2. The largest absolute Gasteiger partial charge is 0.507 e. The molecule has 11 heteroatoms. The highest BCUT2D eigenvalue weighted by Crippen LogP contribution is 2.45. The van der Waals surface area contributed by atoms with Gasteiger partial charge < -0.3 is 14.6 Å². The number of hydrogen-bond donors (Lipinski definition) is 1. The van der Waals surface area contributed by atoms with Crippen molar-refractivity contribution in [1.82, 2.24) is 10.2 Å². The van der Waals surface area contributed by atoms with Crippen LogP contribution in [0.1, 0.15) is 22.7 Å². The second kappa shape index (κ2) is 11.4. The Hall–Kier alpha value is -4.38. The van der Waals surface area contributed by atoms with Crippen molar-refractivity contribution < 1.29 is 24.2 Å². The lowest BCUT2D eigenvalue weighted by molar-refractivity contribution is -0.132. The standard InChI is InChI=1S/C32H22ClN3O5S2/c33-22-9-4-7-19(15-22)27-26(28(37)20-11-12-24-25(16-20)41-14-13-40-24)29(38)30(39)36(27)31-34-35-32(43-31)42-17-21-8-3-6-18-5-1-2-10-23(18)21/h1-12,15-16,27,37H,13-14,17H2/t27-/m1/s1. The van der Waals surface area contributed by atoms with Crippen molar-refractivity contribution in [3.63, 3.8) is 0 Å². The highest BCUT2D eigenvalue weighted by molar-refractivity contribution is 8.00. The van der Waals surface area contributed by atoms with E-state index in [1.165, 1.54) is 28.0 Å². The van der Waals surface area contributed by atoms with Crippen molar-refractivity contribution in [3.8, 4) is 11.5 Å². The van der Waals surface area contributed by atoms with Crippen LogP contribution in [-0.2, 0) is 15.3 Å². The van der Waals surface area contributed by atoms with Crippen LogP contribution in [-0.4, -0.2) is 40.2 Å². The maximum atomic E-state index is 13.6. The number of ether oxygens (including phenoxy) is 2. The summed E-state index contributed by atoms with van der Waals surface area (Å²) in [5.74, 6) is -0.351. The Bertz CT molecular complexity index is 1940. The topological polar surface area (TPSA) is 102 Å². The fourth-order valence-electron chi connectivity index (χ4n) is 5.28. The molecule has 214 valence electrons. The van der Waals surface area contributed by atoms with Crippen LogP contribution >= 0.6 is 34.7 Å². The summed E-state index contributed by atoms with van der Waals surface area (Å²) in [5.41, 5.74) is 1.94. The van der Waals surface area contributed by atoms with Crippen molar-refractivity contribution in [2.75, 3.05) is 18.1 Å². The average Bonchev–Trinajstić information content (AvgIpc) is 3.61. The number of aliphatic hydroxyl groups excluding tert-OH is 1. The molecule has 1 atom stereocenters. The maximum Gasteiger partial charge on any atom is 0.301 e. The minimum absolute atomic E-state index is 0.0795. The number of Topliss-reactive ketones (excluding diaryl/α,β-unsaturated/α-hetero) is 1. The van der Waals surface area contributed by atoms with Gasteiger partial charge in [-0.15, -0.1) is 10.2 Å². The minimum atomic E-state index is -0.976. The molecule has 0 radical (unpaired) electrons. The Kier molecular flexibility index (Phi) is 7.26. The predicted octanol–water partition coefficient (Wildman–Crippen LogP) is 7.03. The van der Waals surface area contributed by atoms with Crippen LogP contribution < -0.4 is 14.4 Å². The molecular formula is C32H22ClN3O5S2.